The average molecular weight is 241 g/mol. The fourth-order valence-electron chi connectivity index (χ4n) is 1.29. The SMILES string of the molecule is CC(C)NC(=O)CNc1c([N+](=O)[O-])ncn1C. The molecule has 1 amide bonds. The average Bonchev–Trinajstić information content (AvgIpc) is 2.55. The number of aryl methyl sites for hydroxylation is 1. The van der Waals surface area contributed by atoms with Gasteiger partial charge in [0.05, 0.1) is 6.54 Å². The normalized spacial score (nSPS) is 10.4. The van der Waals surface area contributed by atoms with Gasteiger partial charge in [0.2, 0.25) is 18.1 Å². The van der Waals surface area contributed by atoms with E-state index in [1.807, 2.05) is 13.8 Å². The lowest BCUT2D eigenvalue weighted by Gasteiger charge is -2.09. The summed E-state index contributed by atoms with van der Waals surface area (Å²) in [5, 5.41) is 16.0. The topological polar surface area (TPSA) is 102 Å². The molecule has 1 heterocycles. The van der Waals surface area contributed by atoms with Crippen molar-refractivity contribution in [2.24, 2.45) is 7.05 Å². The van der Waals surface area contributed by atoms with E-state index in [-0.39, 0.29) is 30.1 Å². The first kappa shape index (κ1) is 12.9. The number of rotatable bonds is 5. The molecule has 94 valence electrons. The fraction of sp³-hybridized carbons (Fsp3) is 0.556. The minimum Gasteiger partial charge on any atom is -0.358 e. The first-order valence-corrected chi connectivity index (χ1v) is 5.10. The van der Waals surface area contributed by atoms with Gasteiger partial charge in [-0.15, -0.1) is 0 Å². The van der Waals surface area contributed by atoms with Crippen molar-refractivity contribution in [1.82, 2.24) is 14.9 Å². The third kappa shape index (κ3) is 3.44. The molecule has 0 spiro atoms. The highest BCUT2D eigenvalue weighted by molar-refractivity contribution is 5.81. The number of hydrogen-bond donors (Lipinski definition) is 2. The molecule has 0 saturated heterocycles. The van der Waals surface area contributed by atoms with Crippen molar-refractivity contribution in [3.8, 4) is 0 Å². The van der Waals surface area contributed by atoms with Crippen LogP contribution in [0.2, 0.25) is 0 Å². The van der Waals surface area contributed by atoms with Crippen molar-refractivity contribution < 1.29 is 9.72 Å². The summed E-state index contributed by atoms with van der Waals surface area (Å²) in [6, 6.07) is 0.0332. The number of nitro groups is 1. The molecule has 1 aromatic heterocycles. The van der Waals surface area contributed by atoms with Crippen LogP contribution in [-0.2, 0) is 11.8 Å². The number of carbonyl (C=O) groups excluding carboxylic acids is 1. The van der Waals surface area contributed by atoms with Crippen molar-refractivity contribution in [1.29, 1.82) is 0 Å². The zero-order valence-corrected chi connectivity index (χ0v) is 9.93. The number of hydrogen-bond acceptors (Lipinski definition) is 5. The van der Waals surface area contributed by atoms with E-state index in [0.717, 1.165) is 0 Å². The van der Waals surface area contributed by atoms with Crippen molar-refractivity contribution in [2.45, 2.75) is 19.9 Å². The van der Waals surface area contributed by atoms with Crippen LogP contribution in [0.1, 0.15) is 13.8 Å². The maximum Gasteiger partial charge on any atom is 0.406 e. The van der Waals surface area contributed by atoms with Crippen LogP contribution in [-0.4, -0.2) is 33.0 Å². The zero-order valence-electron chi connectivity index (χ0n) is 9.93. The lowest BCUT2D eigenvalue weighted by Crippen LogP contribution is -2.35. The van der Waals surface area contributed by atoms with E-state index in [0.29, 0.717) is 0 Å². The summed E-state index contributed by atoms with van der Waals surface area (Å²) in [6.45, 7) is 3.65. The Bertz CT molecular complexity index is 426. The summed E-state index contributed by atoms with van der Waals surface area (Å²) < 4.78 is 1.46. The predicted octanol–water partition coefficient (Wildman–Crippen LogP) is 0.265. The minimum absolute atomic E-state index is 0.0292. The van der Waals surface area contributed by atoms with Gasteiger partial charge < -0.3 is 20.7 Å². The van der Waals surface area contributed by atoms with Gasteiger partial charge in [-0.2, -0.15) is 0 Å². The van der Waals surface area contributed by atoms with Crippen molar-refractivity contribution in [3.05, 3.63) is 16.4 Å². The number of anilines is 1. The van der Waals surface area contributed by atoms with E-state index < -0.39 is 4.92 Å². The number of carbonyl (C=O) groups is 1. The van der Waals surface area contributed by atoms with Crippen LogP contribution in [0, 0.1) is 10.1 Å². The number of amides is 1. The van der Waals surface area contributed by atoms with Crippen molar-refractivity contribution in [3.63, 3.8) is 0 Å². The fourth-order valence-corrected chi connectivity index (χ4v) is 1.29. The van der Waals surface area contributed by atoms with Crippen LogP contribution in [0.15, 0.2) is 6.33 Å². The molecule has 8 heteroatoms. The van der Waals surface area contributed by atoms with Gasteiger partial charge in [0.1, 0.15) is 0 Å². The van der Waals surface area contributed by atoms with Gasteiger partial charge in [-0.3, -0.25) is 9.36 Å². The van der Waals surface area contributed by atoms with Crippen LogP contribution in [0.4, 0.5) is 11.6 Å². The highest BCUT2D eigenvalue weighted by Crippen LogP contribution is 2.20. The third-order valence-corrected chi connectivity index (χ3v) is 1.96. The number of imidazole rings is 1. The second-order valence-corrected chi connectivity index (χ2v) is 3.86. The van der Waals surface area contributed by atoms with E-state index in [9.17, 15) is 14.9 Å². The highest BCUT2D eigenvalue weighted by Gasteiger charge is 2.20. The van der Waals surface area contributed by atoms with Gasteiger partial charge >= 0.3 is 5.82 Å². The number of aromatic nitrogens is 2. The zero-order chi connectivity index (χ0) is 13.0. The Balaban J connectivity index is 2.66. The summed E-state index contributed by atoms with van der Waals surface area (Å²) >= 11 is 0. The summed E-state index contributed by atoms with van der Waals surface area (Å²) in [5.74, 6) is -0.297. The van der Waals surface area contributed by atoms with E-state index >= 15 is 0 Å². The lowest BCUT2D eigenvalue weighted by atomic mass is 10.4. The highest BCUT2D eigenvalue weighted by atomic mass is 16.6. The van der Waals surface area contributed by atoms with E-state index in [1.54, 1.807) is 7.05 Å². The summed E-state index contributed by atoms with van der Waals surface area (Å²) in [6.07, 6.45) is 1.32. The maximum absolute atomic E-state index is 11.4. The van der Waals surface area contributed by atoms with E-state index in [4.69, 9.17) is 0 Å². The molecule has 8 nitrogen and oxygen atoms in total. The minimum atomic E-state index is -0.595. The first-order valence-electron chi connectivity index (χ1n) is 5.10. The quantitative estimate of drug-likeness (QED) is 0.568. The Morgan fingerprint density at radius 1 is 1.65 bits per heavy atom. The molecule has 1 rings (SSSR count). The second-order valence-electron chi connectivity index (χ2n) is 3.86. The van der Waals surface area contributed by atoms with Crippen LogP contribution in [0.5, 0.6) is 0 Å². The molecule has 0 atom stereocenters. The lowest BCUT2D eigenvalue weighted by molar-refractivity contribution is -0.388. The van der Waals surface area contributed by atoms with Gasteiger partial charge in [-0.1, -0.05) is 0 Å². The molecule has 0 unspecified atom stereocenters. The summed E-state index contributed by atoms with van der Waals surface area (Å²) in [4.78, 5) is 25.0. The molecular formula is C9H15N5O3. The Kier molecular flexibility index (Phi) is 4.02. The van der Waals surface area contributed by atoms with Crippen molar-refractivity contribution in [2.75, 3.05) is 11.9 Å². The molecular weight excluding hydrogens is 226 g/mol. The molecule has 0 aliphatic heterocycles. The Hall–Kier alpha value is -2.12. The van der Waals surface area contributed by atoms with Crippen LogP contribution < -0.4 is 10.6 Å². The smallest absolute Gasteiger partial charge is 0.358 e. The molecule has 0 radical (unpaired) electrons. The number of nitrogens with zero attached hydrogens (tertiary/aromatic N) is 3. The molecule has 1 aromatic rings. The van der Waals surface area contributed by atoms with Gasteiger partial charge in [0, 0.05) is 13.1 Å². The van der Waals surface area contributed by atoms with Gasteiger partial charge in [-0.25, -0.2) is 0 Å². The standard InChI is InChI=1S/C9H15N5O3/c1-6(2)12-7(15)4-10-8-9(14(16)17)11-5-13(8)3/h5-6,10H,4H2,1-3H3,(H,12,15). The molecule has 0 aromatic carbocycles. The second kappa shape index (κ2) is 5.28. The Morgan fingerprint density at radius 2 is 2.29 bits per heavy atom. The Labute approximate surface area is 98.2 Å². The number of nitrogens with one attached hydrogen (secondary N) is 2. The van der Waals surface area contributed by atoms with Gasteiger partial charge in [0.15, 0.2) is 0 Å². The molecule has 17 heavy (non-hydrogen) atoms. The molecule has 0 aliphatic carbocycles. The first-order chi connectivity index (χ1) is 7.91. The summed E-state index contributed by atoms with van der Waals surface area (Å²) in [5.41, 5.74) is 0. The summed E-state index contributed by atoms with van der Waals surface area (Å²) in [7, 11) is 1.61. The van der Waals surface area contributed by atoms with Crippen molar-refractivity contribution >= 4 is 17.5 Å². The third-order valence-electron chi connectivity index (χ3n) is 1.96. The maximum atomic E-state index is 11.4. The van der Waals surface area contributed by atoms with E-state index in [1.165, 1.54) is 10.9 Å². The van der Waals surface area contributed by atoms with Crippen LogP contribution in [0.3, 0.4) is 0 Å². The molecule has 0 aliphatic rings. The predicted molar refractivity (Wildman–Crippen MR) is 61.6 cm³/mol. The monoisotopic (exact) mass is 241 g/mol. The van der Waals surface area contributed by atoms with Crippen LogP contribution in [0.25, 0.3) is 0 Å². The molecule has 0 bridgehead atoms. The van der Waals surface area contributed by atoms with Crippen LogP contribution >= 0.6 is 0 Å². The molecule has 0 saturated carbocycles. The Morgan fingerprint density at radius 3 is 2.82 bits per heavy atom. The molecule has 0 fully saturated rings. The van der Waals surface area contributed by atoms with Gasteiger partial charge in [0.25, 0.3) is 0 Å². The van der Waals surface area contributed by atoms with E-state index in [2.05, 4.69) is 15.6 Å². The molecule has 2 N–H and O–H groups in total. The van der Waals surface area contributed by atoms with Gasteiger partial charge in [-0.05, 0) is 23.8 Å². The largest absolute Gasteiger partial charge is 0.406 e.